The Labute approximate surface area is 100 Å². The summed E-state index contributed by atoms with van der Waals surface area (Å²) in [6.45, 7) is 5.12. The van der Waals surface area contributed by atoms with Crippen molar-refractivity contribution in [1.82, 2.24) is 9.78 Å². The molecule has 17 heavy (non-hydrogen) atoms. The second-order valence-electron chi connectivity index (χ2n) is 3.99. The number of nitrogens with two attached hydrogens (primary N) is 1. The molecule has 4 heteroatoms. The van der Waals surface area contributed by atoms with Crippen molar-refractivity contribution in [1.29, 1.82) is 0 Å². The molecule has 0 aliphatic carbocycles. The lowest BCUT2D eigenvalue weighted by atomic mass is 10.0. The Morgan fingerprint density at radius 2 is 2.12 bits per heavy atom. The molecule has 2 N–H and O–H groups in total. The van der Waals surface area contributed by atoms with E-state index in [4.69, 9.17) is 5.73 Å². The molecule has 0 bridgehead atoms. The summed E-state index contributed by atoms with van der Waals surface area (Å²) in [5, 5.41) is 4.39. The number of hydrogen-bond acceptors (Lipinski definition) is 2. The van der Waals surface area contributed by atoms with Gasteiger partial charge in [-0.15, -0.1) is 0 Å². The van der Waals surface area contributed by atoms with Gasteiger partial charge in [-0.05, 0) is 37.1 Å². The Balaban J connectivity index is 2.55. The fourth-order valence-electron chi connectivity index (χ4n) is 1.94. The largest absolute Gasteiger partial charge is 0.326 e. The number of benzene rings is 1. The fraction of sp³-hybridized carbons (Fsp3) is 0.308. The first-order valence-corrected chi connectivity index (χ1v) is 5.68. The van der Waals surface area contributed by atoms with E-state index in [1.165, 1.54) is 12.1 Å². The maximum atomic E-state index is 13.1. The van der Waals surface area contributed by atoms with Gasteiger partial charge in [-0.3, -0.25) is 4.68 Å². The van der Waals surface area contributed by atoms with Crippen LogP contribution in [0.25, 0.3) is 11.1 Å². The Morgan fingerprint density at radius 1 is 1.35 bits per heavy atom. The van der Waals surface area contributed by atoms with Crippen LogP contribution >= 0.6 is 0 Å². The first kappa shape index (κ1) is 11.8. The van der Waals surface area contributed by atoms with Gasteiger partial charge in [-0.2, -0.15) is 5.10 Å². The van der Waals surface area contributed by atoms with Crippen molar-refractivity contribution < 1.29 is 4.39 Å². The van der Waals surface area contributed by atoms with Crippen LogP contribution < -0.4 is 5.73 Å². The number of hydrogen-bond donors (Lipinski definition) is 1. The Hall–Kier alpha value is -1.68. The van der Waals surface area contributed by atoms with Crippen molar-refractivity contribution >= 4 is 0 Å². The minimum Gasteiger partial charge on any atom is -0.326 e. The molecular formula is C13H16FN3. The highest BCUT2D eigenvalue weighted by molar-refractivity contribution is 5.68. The maximum Gasteiger partial charge on any atom is 0.123 e. The second kappa shape index (κ2) is 4.67. The van der Waals surface area contributed by atoms with Gasteiger partial charge in [0.25, 0.3) is 0 Å². The highest BCUT2D eigenvalue weighted by Crippen LogP contribution is 2.26. The van der Waals surface area contributed by atoms with E-state index in [9.17, 15) is 4.39 Å². The first-order chi connectivity index (χ1) is 8.15. The second-order valence-corrected chi connectivity index (χ2v) is 3.99. The zero-order valence-corrected chi connectivity index (χ0v) is 10.1. The molecular weight excluding hydrogens is 217 g/mol. The van der Waals surface area contributed by atoms with Crippen molar-refractivity contribution in [2.45, 2.75) is 26.9 Å². The predicted molar refractivity (Wildman–Crippen MR) is 65.9 cm³/mol. The number of rotatable bonds is 3. The van der Waals surface area contributed by atoms with Crippen LogP contribution in [0, 0.1) is 12.7 Å². The van der Waals surface area contributed by atoms with Gasteiger partial charge in [0.05, 0.1) is 5.69 Å². The summed E-state index contributed by atoms with van der Waals surface area (Å²) in [4.78, 5) is 0. The Kier molecular flexibility index (Phi) is 3.24. The molecule has 0 fully saturated rings. The van der Waals surface area contributed by atoms with Crippen molar-refractivity contribution in [3.63, 3.8) is 0 Å². The van der Waals surface area contributed by atoms with Gasteiger partial charge in [-0.25, -0.2) is 4.39 Å². The van der Waals surface area contributed by atoms with Gasteiger partial charge in [0.2, 0.25) is 0 Å². The fourth-order valence-corrected chi connectivity index (χ4v) is 1.94. The van der Waals surface area contributed by atoms with Crippen LogP contribution in [0.4, 0.5) is 4.39 Å². The third-order valence-electron chi connectivity index (χ3n) is 2.85. The van der Waals surface area contributed by atoms with Crippen molar-refractivity contribution in [3.8, 4) is 11.1 Å². The molecule has 0 radical (unpaired) electrons. The summed E-state index contributed by atoms with van der Waals surface area (Å²) < 4.78 is 15.0. The number of halogens is 1. The van der Waals surface area contributed by atoms with Crippen LogP contribution in [0.5, 0.6) is 0 Å². The van der Waals surface area contributed by atoms with Crippen LogP contribution in [0.3, 0.4) is 0 Å². The summed E-state index contributed by atoms with van der Waals surface area (Å²) in [6.07, 6.45) is 1.97. The van der Waals surface area contributed by atoms with Gasteiger partial charge in [0.15, 0.2) is 0 Å². The summed E-state index contributed by atoms with van der Waals surface area (Å²) in [5.74, 6) is -0.255. The number of nitrogens with zero attached hydrogens (tertiary/aromatic N) is 2. The molecule has 0 saturated carbocycles. The van der Waals surface area contributed by atoms with E-state index in [2.05, 4.69) is 5.10 Å². The lowest BCUT2D eigenvalue weighted by molar-refractivity contribution is 0.625. The van der Waals surface area contributed by atoms with Crippen LogP contribution in [-0.4, -0.2) is 9.78 Å². The van der Waals surface area contributed by atoms with Crippen molar-refractivity contribution in [3.05, 3.63) is 41.5 Å². The monoisotopic (exact) mass is 233 g/mol. The highest BCUT2D eigenvalue weighted by Gasteiger charge is 2.11. The van der Waals surface area contributed by atoms with E-state index < -0.39 is 0 Å². The van der Waals surface area contributed by atoms with E-state index in [0.717, 1.165) is 28.9 Å². The lowest BCUT2D eigenvalue weighted by Crippen LogP contribution is -2.00. The van der Waals surface area contributed by atoms with E-state index >= 15 is 0 Å². The van der Waals surface area contributed by atoms with Gasteiger partial charge in [-0.1, -0.05) is 6.07 Å². The first-order valence-electron chi connectivity index (χ1n) is 5.68. The Bertz CT molecular complexity index is 531. The van der Waals surface area contributed by atoms with E-state index in [0.29, 0.717) is 6.54 Å². The van der Waals surface area contributed by atoms with Crippen LogP contribution in [0.1, 0.15) is 18.2 Å². The zero-order valence-electron chi connectivity index (χ0n) is 10.1. The minimum atomic E-state index is -0.255. The average molecular weight is 233 g/mol. The molecule has 0 atom stereocenters. The van der Waals surface area contributed by atoms with Crippen molar-refractivity contribution in [2.24, 2.45) is 5.73 Å². The van der Waals surface area contributed by atoms with E-state index in [1.807, 2.05) is 24.7 Å². The van der Waals surface area contributed by atoms with Gasteiger partial charge < -0.3 is 5.73 Å². The minimum absolute atomic E-state index is 0.255. The Morgan fingerprint density at radius 3 is 2.71 bits per heavy atom. The molecule has 0 saturated heterocycles. The third-order valence-corrected chi connectivity index (χ3v) is 2.85. The lowest BCUT2D eigenvalue weighted by Gasteiger charge is -2.06. The van der Waals surface area contributed by atoms with Crippen LogP contribution in [-0.2, 0) is 13.1 Å². The molecule has 1 heterocycles. The molecule has 3 nitrogen and oxygen atoms in total. The molecule has 90 valence electrons. The van der Waals surface area contributed by atoms with Gasteiger partial charge >= 0.3 is 0 Å². The van der Waals surface area contributed by atoms with E-state index in [1.54, 1.807) is 6.07 Å². The summed E-state index contributed by atoms with van der Waals surface area (Å²) in [7, 11) is 0. The van der Waals surface area contributed by atoms with Crippen molar-refractivity contribution in [2.75, 3.05) is 0 Å². The third kappa shape index (κ3) is 2.22. The van der Waals surface area contributed by atoms with Gasteiger partial charge in [0, 0.05) is 24.8 Å². The molecule has 0 aliphatic rings. The highest BCUT2D eigenvalue weighted by atomic mass is 19.1. The molecule has 2 rings (SSSR count). The standard InChI is InChI=1S/C13H16FN3/c1-3-17-8-13(9(2)16-17)12-5-4-11(14)6-10(12)7-15/h4-6,8H,3,7,15H2,1-2H3. The number of aryl methyl sites for hydroxylation is 2. The molecule has 0 aliphatic heterocycles. The summed E-state index contributed by atoms with van der Waals surface area (Å²) >= 11 is 0. The molecule has 0 amide bonds. The quantitative estimate of drug-likeness (QED) is 0.885. The SMILES string of the molecule is CCn1cc(-c2ccc(F)cc2CN)c(C)n1. The molecule has 0 unspecified atom stereocenters. The van der Waals surface area contributed by atoms with Crippen LogP contribution in [0.2, 0.25) is 0 Å². The molecule has 1 aromatic heterocycles. The van der Waals surface area contributed by atoms with Gasteiger partial charge in [0.1, 0.15) is 5.82 Å². The topological polar surface area (TPSA) is 43.8 Å². The zero-order chi connectivity index (χ0) is 12.4. The summed E-state index contributed by atoms with van der Waals surface area (Å²) in [5.41, 5.74) is 9.38. The molecule has 0 spiro atoms. The normalized spacial score (nSPS) is 10.8. The maximum absolute atomic E-state index is 13.1. The average Bonchev–Trinajstić information content (AvgIpc) is 2.70. The van der Waals surface area contributed by atoms with E-state index in [-0.39, 0.29) is 5.82 Å². The number of aromatic nitrogens is 2. The molecule has 1 aromatic carbocycles. The predicted octanol–water partition coefficient (Wildman–Crippen LogP) is 2.48. The smallest absolute Gasteiger partial charge is 0.123 e. The summed E-state index contributed by atoms with van der Waals surface area (Å²) in [6, 6.07) is 4.71. The molecule has 2 aromatic rings. The van der Waals surface area contributed by atoms with Crippen LogP contribution in [0.15, 0.2) is 24.4 Å².